The molecule has 0 fully saturated rings. The maximum atomic E-state index is 9.05. The van der Waals surface area contributed by atoms with Crippen molar-refractivity contribution >= 4 is 23.1 Å². The average molecular weight is 259 g/mol. The Morgan fingerprint density at radius 3 is 2.44 bits per heavy atom. The van der Waals surface area contributed by atoms with Gasteiger partial charge >= 0.3 is 0 Å². The molecular formula is C15H17NOS. The van der Waals surface area contributed by atoms with E-state index in [9.17, 15) is 0 Å². The molecular weight excluding hydrogens is 242 g/mol. The molecule has 0 aromatic heterocycles. The van der Waals surface area contributed by atoms with Crippen molar-refractivity contribution in [1.29, 1.82) is 0 Å². The van der Waals surface area contributed by atoms with Gasteiger partial charge in [0.15, 0.2) is 0 Å². The fraction of sp³-hybridized carbons (Fsp3) is 0.200. The molecule has 2 N–H and O–H groups in total. The van der Waals surface area contributed by atoms with Crippen LogP contribution in [-0.4, -0.2) is 18.0 Å². The normalized spacial score (nSPS) is 10.3. The third kappa shape index (κ3) is 3.28. The summed E-state index contributed by atoms with van der Waals surface area (Å²) in [7, 11) is 0. The second-order valence-corrected chi connectivity index (χ2v) is 4.86. The fourth-order valence-electron chi connectivity index (χ4n) is 1.81. The van der Waals surface area contributed by atoms with E-state index in [4.69, 9.17) is 5.11 Å². The number of aliphatic hydroxyl groups is 1. The van der Waals surface area contributed by atoms with Gasteiger partial charge in [-0.2, -0.15) is 0 Å². The molecule has 3 heteroatoms. The molecule has 18 heavy (non-hydrogen) atoms. The molecule has 0 aliphatic carbocycles. The monoisotopic (exact) mass is 259 g/mol. The molecule has 2 aromatic rings. The number of rotatable bonds is 5. The van der Waals surface area contributed by atoms with E-state index < -0.39 is 0 Å². The van der Waals surface area contributed by atoms with Crippen LogP contribution in [0.1, 0.15) is 5.56 Å². The highest BCUT2D eigenvalue weighted by Crippen LogP contribution is 2.23. The molecule has 0 unspecified atom stereocenters. The van der Waals surface area contributed by atoms with Gasteiger partial charge in [0.2, 0.25) is 0 Å². The van der Waals surface area contributed by atoms with E-state index in [1.54, 1.807) is 11.8 Å². The van der Waals surface area contributed by atoms with Gasteiger partial charge in [-0.25, -0.2) is 0 Å². The zero-order chi connectivity index (χ0) is 12.8. The highest BCUT2D eigenvalue weighted by atomic mass is 32.2. The van der Waals surface area contributed by atoms with Gasteiger partial charge in [0.05, 0.1) is 0 Å². The van der Waals surface area contributed by atoms with E-state index >= 15 is 0 Å². The van der Waals surface area contributed by atoms with Crippen LogP contribution in [0, 0.1) is 0 Å². The lowest BCUT2D eigenvalue weighted by Crippen LogP contribution is -1.98. The second-order valence-electron chi connectivity index (χ2n) is 3.98. The van der Waals surface area contributed by atoms with Crippen molar-refractivity contribution in [2.24, 2.45) is 0 Å². The average Bonchev–Trinajstić information content (AvgIpc) is 2.42. The number of hydrogen-bond acceptors (Lipinski definition) is 3. The van der Waals surface area contributed by atoms with Crippen LogP contribution < -0.4 is 5.32 Å². The van der Waals surface area contributed by atoms with Crippen molar-refractivity contribution in [2.75, 3.05) is 18.2 Å². The van der Waals surface area contributed by atoms with Crippen LogP contribution in [-0.2, 0) is 6.42 Å². The Balaban J connectivity index is 2.17. The molecule has 2 aromatic carbocycles. The lowest BCUT2D eigenvalue weighted by atomic mass is 10.1. The van der Waals surface area contributed by atoms with Crippen LogP contribution in [0.15, 0.2) is 53.4 Å². The molecule has 0 bridgehead atoms. The van der Waals surface area contributed by atoms with Crippen molar-refractivity contribution in [3.63, 3.8) is 0 Å². The largest absolute Gasteiger partial charge is 0.396 e. The molecule has 2 nitrogen and oxygen atoms in total. The second kappa shape index (κ2) is 6.47. The van der Waals surface area contributed by atoms with Crippen LogP contribution >= 0.6 is 11.8 Å². The lowest BCUT2D eigenvalue weighted by Gasteiger charge is -2.11. The summed E-state index contributed by atoms with van der Waals surface area (Å²) in [5, 5.41) is 12.4. The van der Waals surface area contributed by atoms with Crippen molar-refractivity contribution in [3.8, 4) is 0 Å². The van der Waals surface area contributed by atoms with Crippen molar-refractivity contribution in [3.05, 3.63) is 54.1 Å². The van der Waals surface area contributed by atoms with Crippen LogP contribution in [0.2, 0.25) is 0 Å². The molecule has 0 saturated carbocycles. The van der Waals surface area contributed by atoms with Gasteiger partial charge in [0.25, 0.3) is 0 Å². The predicted octanol–water partition coefficient (Wildman–Crippen LogP) is 3.69. The summed E-state index contributed by atoms with van der Waals surface area (Å²) in [6.45, 7) is 0.171. The number of aliphatic hydroxyl groups excluding tert-OH is 1. The van der Waals surface area contributed by atoms with Gasteiger partial charge in [-0.05, 0) is 48.6 Å². The van der Waals surface area contributed by atoms with E-state index in [2.05, 4.69) is 35.8 Å². The number of thioether (sulfide) groups is 1. The van der Waals surface area contributed by atoms with Gasteiger partial charge in [0.1, 0.15) is 0 Å². The lowest BCUT2D eigenvalue weighted by molar-refractivity contribution is 0.300. The minimum absolute atomic E-state index is 0.171. The highest BCUT2D eigenvalue weighted by molar-refractivity contribution is 7.98. The molecule has 94 valence electrons. The Morgan fingerprint density at radius 1 is 1.06 bits per heavy atom. The Labute approximate surface area is 112 Å². The summed E-state index contributed by atoms with van der Waals surface area (Å²) in [6, 6.07) is 16.4. The zero-order valence-electron chi connectivity index (χ0n) is 10.4. The third-order valence-corrected chi connectivity index (χ3v) is 3.51. The minimum atomic E-state index is 0.171. The summed E-state index contributed by atoms with van der Waals surface area (Å²) in [5.41, 5.74) is 3.26. The molecule has 0 spiro atoms. The molecule has 0 aliphatic rings. The molecule has 0 amide bonds. The number of anilines is 2. The van der Waals surface area contributed by atoms with Crippen LogP contribution in [0.4, 0.5) is 11.4 Å². The van der Waals surface area contributed by atoms with E-state index in [-0.39, 0.29) is 6.61 Å². The molecule has 0 saturated heterocycles. The first-order valence-corrected chi connectivity index (χ1v) is 7.16. The summed E-state index contributed by atoms with van der Waals surface area (Å²) >= 11 is 1.73. The molecule has 0 atom stereocenters. The molecule has 2 rings (SSSR count). The van der Waals surface area contributed by atoms with E-state index in [0.29, 0.717) is 6.42 Å². The SMILES string of the molecule is CSc1ccc(Nc2ccccc2CCO)cc1. The summed E-state index contributed by atoms with van der Waals surface area (Å²) in [5.74, 6) is 0. The Bertz CT molecular complexity index is 496. The van der Waals surface area contributed by atoms with Crippen LogP contribution in [0.5, 0.6) is 0 Å². The minimum Gasteiger partial charge on any atom is -0.396 e. The first kappa shape index (κ1) is 13.0. The van der Waals surface area contributed by atoms with Gasteiger partial charge in [-0.3, -0.25) is 0 Å². The zero-order valence-corrected chi connectivity index (χ0v) is 11.2. The van der Waals surface area contributed by atoms with Gasteiger partial charge in [-0.15, -0.1) is 11.8 Å². The number of hydrogen-bond donors (Lipinski definition) is 2. The van der Waals surface area contributed by atoms with Gasteiger partial charge in [-0.1, -0.05) is 18.2 Å². The highest BCUT2D eigenvalue weighted by Gasteiger charge is 2.01. The van der Waals surface area contributed by atoms with E-state index in [1.165, 1.54) is 4.90 Å². The molecule has 0 radical (unpaired) electrons. The fourth-order valence-corrected chi connectivity index (χ4v) is 2.22. The van der Waals surface area contributed by atoms with E-state index in [1.807, 2.05) is 24.3 Å². The van der Waals surface area contributed by atoms with Gasteiger partial charge < -0.3 is 10.4 Å². The standard InChI is InChI=1S/C15H17NOS/c1-18-14-8-6-13(7-9-14)16-15-5-3-2-4-12(15)10-11-17/h2-9,16-17H,10-11H2,1H3. The van der Waals surface area contributed by atoms with Crippen LogP contribution in [0.3, 0.4) is 0 Å². The quantitative estimate of drug-likeness (QED) is 0.803. The topological polar surface area (TPSA) is 32.3 Å². The first-order valence-electron chi connectivity index (χ1n) is 5.93. The number of para-hydroxylation sites is 1. The first-order chi connectivity index (χ1) is 8.83. The Kier molecular flexibility index (Phi) is 4.67. The van der Waals surface area contributed by atoms with Crippen molar-refractivity contribution in [1.82, 2.24) is 0 Å². The summed E-state index contributed by atoms with van der Waals surface area (Å²) < 4.78 is 0. The van der Waals surface area contributed by atoms with E-state index in [0.717, 1.165) is 16.9 Å². The smallest absolute Gasteiger partial charge is 0.0472 e. The van der Waals surface area contributed by atoms with Crippen molar-refractivity contribution < 1.29 is 5.11 Å². The van der Waals surface area contributed by atoms with Crippen LogP contribution in [0.25, 0.3) is 0 Å². The maximum absolute atomic E-state index is 9.05. The molecule has 0 aliphatic heterocycles. The Morgan fingerprint density at radius 2 is 1.78 bits per heavy atom. The molecule has 0 heterocycles. The summed E-state index contributed by atoms with van der Waals surface area (Å²) in [4.78, 5) is 1.25. The maximum Gasteiger partial charge on any atom is 0.0472 e. The van der Waals surface area contributed by atoms with Gasteiger partial charge in [0, 0.05) is 22.9 Å². The number of nitrogens with one attached hydrogen (secondary N) is 1. The third-order valence-electron chi connectivity index (χ3n) is 2.77. The van der Waals surface area contributed by atoms with Crippen molar-refractivity contribution in [2.45, 2.75) is 11.3 Å². The number of benzene rings is 2. The predicted molar refractivity (Wildman–Crippen MR) is 78.7 cm³/mol. The Hall–Kier alpha value is -1.45. The summed E-state index contributed by atoms with van der Waals surface area (Å²) in [6.07, 6.45) is 2.74.